The summed E-state index contributed by atoms with van der Waals surface area (Å²) in [6, 6.07) is 5.79. The first-order valence-electron chi connectivity index (χ1n) is 5.41. The number of nitrogens with one attached hydrogen (secondary N) is 1. The number of carboxylic acid groups (broad SMARTS) is 1. The Morgan fingerprint density at radius 3 is 2.94 bits per heavy atom. The number of hydrogen-bond acceptors (Lipinski definition) is 4. The van der Waals surface area contributed by atoms with Gasteiger partial charge in [0.15, 0.2) is 0 Å². The van der Waals surface area contributed by atoms with Gasteiger partial charge in [-0.05, 0) is 40.5 Å². The standard InChI is InChI=1S/C12H12BrNO3S/c13-10-2-1-9(18-10)3-5-14-7-8-4-6-17-11(8)12(15)16/h1-2,4,6,14H,3,5,7H2,(H,15,16). The van der Waals surface area contributed by atoms with Crippen LogP contribution in [0.15, 0.2) is 32.7 Å². The summed E-state index contributed by atoms with van der Waals surface area (Å²) in [6.07, 6.45) is 2.33. The molecule has 0 bridgehead atoms. The summed E-state index contributed by atoms with van der Waals surface area (Å²) in [4.78, 5) is 12.1. The fourth-order valence-electron chi connectivity index (χ4n) is 1.58. The van der Waals surface area contributed by atoms with E-state index in [9.17, 15) is 4.79 Å². The number of hydrogen-bond donors (Lipinski definition) is 2. The van der Waals surface area contributed by atoms with Gasteiger partial charge in [0.25, 0.3) is 0 Å². The monoisotopic (exact) mass is 329 g/mol. The Morgan fingerprint density at radius 2 is 2.28 bits per heavy atom. The molecule has 0 saturated carbocycles. The smallest absolute Gasteiger partial charge is 0.372 e. The van der Waals surface area contributed by atoms with Crippen molar-refractivity contribution in [3.8, 4) is 0 Å². The van der Waals surface area contributed by atoms with Gasteiger partial charge in [-0.2, -0.15) is 0 Å². The van der Waals surface area contributed by atoms with Crippen molar-refractivity contribution in [2.75, 3.05) is 6.54 Å². The lowest BCUT2D eigenvalue weighted by molar-refractivity contribution is 0.0660. The van der Waals surface area contributed by atoms with E-state index in [-0.39, 0.29) is 5.76 Å². The molecule has 2 aromatic heterocycles. The Kier molecular flexibility index (Phi) is 4.57. The van der Waals surface area contributed by atoms with E-state index in [0.29, 0.717) is 12.1 Å². The van der Waals surface area contributed by atoms with E-state index in [2.05, 4.69) is 27.3 Å². The van der Waals surface area contributed by atoms with Crippen LogP contribution in [0.5, 0.6) is 0 Å². The van der Waals surface area contributed by atoms with Crippen LogP contribution in [0.25, 0.3) is 0 Å². The van der Waals surface area contributed by atoms with Crippen LogP contribution >= 0.6 is 27.3 Å². The molecule has 0 saturated heterocycles. The van der Waals surface area contributed by atoms with Crippen LogP contribution in [0.1, 0.15) is 21.0 Å². The SMILES string of the molecule is O=C(O)c1occc1CNCCc1ccc(Br)s1. The third kappa shape index (κ3) is 3.44. The van der Waals surface area contributed by atoms with Crippen LogP contribution in [-0.4, -0.2) is 17.6 Å². The average molecular weight is 330 g/mol. The molecule has 0 spiro atoms. The Labute approximate surface area is 117 Å². The van der Waals surface area contributed by atoms with Gasteiger partial charge in [-0.3, -0.25) is 0 Å². The fraction of sp³-hybridized carbons (Fsp3) is 0.250. The summed E-state index contributed by atoms with van der Waals surface area (Å²) in [5, 5.41) is 12.1. The number of thiophene rings is 1. The molecule has 0 unspecified atom stereocenters. The van der Waals surface area contributed by atoms with Crippen molar-refractivity contribution in [3.05, 3.63) is 44.4 Å². The molecule has 2 heterocycles. The van der Waals surface area contributed by atoms with Gasteiger partial charge >= 0.3 is 5.97 Å². The number of furan rings is 1. The molecular weight excluding hydrogens is 318 g/mol. The van der Waals surface area contributed by atoms with Crippen LogP contribution in [0.3, 0.4) is 0 Å². The first-order chi connectivity index (χ1) is 8.66. The zero-order valence-electron chi connectivity index (χ0n) is 9.48. The van der Waals surface area contributed by atoms with Crippen LogP contribution in [0.2, 0.25) is 0 Å². The van der Waals surface area contributed by atoms with E-state index >= 15 is 0 Å². The summed E-state index contributed by atoms with van der Waals surface area (Å²) >= 11 is 5.13. The van der Waals surface area contributed by atoms with E-state index < -0.39 is 5.97 Å². The molecule has 6 heteroatoms. The van der Waals surface area contributed by atoms with Crippen molar-refractivity contribution in [3.63, 3.8) is 0 Å². The number of aromatic carboxylic acids is 1. The van der Waals surface area contributed by atoms with Gasteiger partial charge in [-0.1, -0.05) is 0 Å². The van der Waals surface area contributed by atoms with Crippen LogP contribution in [0.4, 0.5) is 0 Å². The van der Waals surface area contributed by atoms with E-state index in [4.69, 9.17) is 9.52 Å². The molecule has 0 aliphatic heterocycles. The minimum Gasteiger partial charge on any atom is -0.475 e. The number of carboxylic acids is 1. The van der Waals surface area contributed by atoms with Gasteiger partial charge in [-0.25, -0.2) is 4.79 Å². The molecule has 0 radical (unpaired) electrons. The maximum absolute atomic E-state index is 10.8. The first-order valence-corrected chi connectivity index (χ1v) is 7.02. The second kappa shape index (κ2) is 6.17. The topological polar surface area (TPSA) is 62.5 Å². The fourth-order valence-corrected chi connectivity index (χ4v) is 3.07. The molecule has 0 fully saturated rings. The molecule has 0 aliphatic carbocycles. The lowest BCUT2D eigenvalue weighted by Crippen LogP contribution is -2.17. The van der Waals surface area contributed by atoms with Gasteiger partial charge in [0, 0.05) is 23.5 Å². The van der Waals surface area contributed by atoms with Crippen LogP contribution < -0.4 is 5.32 Å². The Bertz CT molecular complexity index is 535. The molecule has 18 heavy (non-hydrogen) atoms. The van der Waals surface area contributed by atoms with E-state index in [0.717, 1.165) is 16.8 Å². The highest BCUT2D eigenvalue weighted by atomic mass is 79.9. The molecule has 0 aliphatic rings. The third-order valence-corrected chi connectivity index (χ3v) is 4.12. The molecule has 0 atom stereocenters. The maximum atomic E-state index is 10.8. The minimum atomic E-state index is -1.03. The molecular formula is C12H12BrNO3S. The lowest BCUT2D eigenvalue weighted by Gasteiger charge is -2.02. The second-order valence-electron chi connectivity index (χ2n) is 3.71. The van der Waals surface area contributed by atoms with Gasteiger partial charge in [0.05, 0.1) is 10.0 Å². The normalized spacial score (nSPS) is 10.7. The number of rotatable bonds is 6. The van der Waals surface area contributed by atoms with Crippen molar-refractivity contribution >= 4 is 33.2 Å². The quantitative estimate of drug-likeness (QED) is 0.799. The average Bonchev–Trinajstić information content (AvgIpc) is 2.93. The molecule has 0 aromatic carbocycles. The zero-order chi connectivity index (χ0) is 13.0. The van der Waals surface area contributed by atoms with Crippen LogP contribution in [-0.2, 0) is 13.0 Å². The highest BCUT2D eigenvalue weighted by Crippen LogP contribution is 2.22. The molecule has 96 valence electrons. The largest absolute Gasteiger partial charge is 0.475 e. The molecule has 2 aromatic rings. The van der Waals surface area contributed by atoms with Gasteiger partial charge in [-0.15, -0.1) is 11.3 Å². The summed E-state index contributed by atoms with van der Waals surface area (Å²) in [7, 11) is 0. The molecule has 0 amide bonds. The molecule has 4 nitrogen and oxygen atoms in total. The number of halogens is 1. The maximum Gasteiger partial charge on any atom is 0.372 e. The van der Waals surface area contributed by atoms with Crippen molar-refractivity contribution in [2.24, 2.45) is 0 Å². The van der Waals surface area contributed by atoms with Crippen molar-refractivity contribution < 1.29 is 14.3 Å². The predicted molar refractivity (Wildman–Crippen MR) is 73.1 cm³/mol. The van der Waals surface area contributed by atoms with E-state index in [1.54, 1.807) is 17.4 Å². The third-order valence-electron chi connectivity index (χ3n) is 2.43. The van der Waals surface area contributed by atoms with Crippen LogP contribution in [0, 0.1) is 0 Å². The summed E-state index contributed by atoms with van der Waals surface area (Å²) in [6.45, 7) is 1.31. The second-order valence-corrected chi connectivity index (χ2v) is 6.26. The van der Waals surface area contributed by atoms with Crippen molar-refractivity contribution in [2.45, 2.75) is 13.0 Å². The van der Waals surface area contributed by atoms with Gasteiger partial charge < -0.3 is 14.8 Å². The summed E-state index contributed by atoms with van der Waals surface area (Å²) in [5.41, 5.74) is 0.676. The lowest BCUT2D eigenvalue weighted by atomic mass is 10.2. The molecule has 2 N–H and O–H groups in total. The highest BCUT2D eigenvalue weighted by molar-refractivity contribution is 9.11. The van der Waals surface area contributed by atoms with Crippen molar-refractivity contribution in [1.29, 1.82) is 0 Å². The Hall–Kier alpha value is -1.11. The van der Waals surface area contributed by atoms with E-state index in [1.165, 1.54) is 11.1 Å². The summed E-state index contributed by atoms with van der Waals surface area (Å²) in [5.74, 6) is -1.01. The van der Waals surface area contributed by atoms with Crippen molar-refractivity contribution in [1.82, 2.24) is 5.32 Å². The zero-order valence-corrected chi connectivity index (χ0v) is 11.9. The van der Waals surface area contributed by atoms with Gasteiger partial charge in [0.1, 0.15) is 0 Å². The highest BCUT2D eigenvalue weighted by Gasteiger charge is 2.12. The van der Waals surface area contributed by atoms with Gasteiger partial charge in [0.2, 0.25) is 5.76 Å². The summed E-state index contributed by atoms with van der Waals surface area (Å²) < 4.78 is 6.03. The first kappa shape index (κ1) is 13.3. The minimum absolute atomic E-state index is 0.0152. The van der Waals surface area contributed by atoms with E-state index in [1.807, 2.05) is 6.07 Å². The molecule has 2 rings (SSSR count). The Morgan fingerprint density at radius 1 is 1.44 bits per heavy atom. The number of carbonyl (C=O) groups is 1. The predicted octanol–water partition coefficient (Wildman–Crippen LogP) is 3.13. The Balaban J connectivity index is 1.78.